The van der Waals surface area contributed by atoms with E-state index < -0.39 is 0 Å². The number of aromatic nitrogens is 1. The highest BCUT2D eigenvalue weighted by Gasteiger charge is 2.19. The van der Waals surface area contributed by atoms with E-state index in [-0.39, 0.29) is 11.7 Å². The van der Waals surface area contributed by atoms with E-state index in [1.165, 1.54) is 10.4 Å². The fourth-order valence-electron chi connectivity index (χ4n) is 3.80. The van der Waals surface area contributed by atoms with Crippen molar-refractivity contribution >= 4 is 39.6 Å². The Morgan fingerprint density at radius 2 is 2.20 bits per heavy atom. The van der Waals surface area contributed by atoms with Crippen molar-refractivity contribution in [3.63, 3.8) is 0 Å². The molecule has 0 unspecified atom stereocenters. The third-order valence-electron chi connectivity index (χ3n) is 5.71. The van der Waals surface area contributed by atoms with Crippen LogP contribution >= 0.6 is 23.6 Å². The number of hydrogen-bond acceptors (Lipinski definition) is 4. The molecule has 0 saturated carbocycles. The summed E-state index contributed by atoms with van der Waals surface area (Å²) in [5.41, 5.74) is 3.84. The number of ether oxygens (including phenoxy) is 1. The average Bonchev–Trinajstić information content (AvgIpc) is 3.44. The maximum Gasteiger partial charge on any atom is 0.253 e. The normalized spacial score (nSPS) is 16.1. The maximum absolute atomic E-state index is 12.9. The molecule has 2 N–H and O–H groups in total. The number of H-pyrrole nitrogens is 1. The minimum atomic E-state index is -0.0608. The summed E-state index contributed by atoms with van der Waals surface area (Å²) in [5, 5.41) is 7.11. The fourth-order valence-corrected chi connectivity index (χ4v) is 4.73. The van der Waals surface area contributed by atoms with Gasteiger partial charge in [0.15, 0.2) is 5.11 Å². The van der Waals surface area contributed by atoms with Crippen LogP contribution in [0.25, 0.3) is 10.9 Å². The summed E-state index contributed by atoms with van der Waals surface area (Å²) in [6.45, 7) is 6.74. The zero-order valence-electron chi connectivity index (χ0n) is 17.4. The van der Waals surface area contributed by atoms with Crippen LogP contribution in [0.15, 0.2) is 40.5 Å². The molecule has 158 valence electrons. The Morgan fingerprint density at radius 1 is 1.33 bits per heavy atom. The van der Waals surface area contributed by atoms with Crippen molar-refractivity contribution in [2.75, 3.05) is 13.2 Å². The van der Waals surface area contributed by atoms with Gasteiger partial charge in [0.1, 0.15) is 0 Å². The highest BCUT2D eigenvalue weighted by atomic mass is 32.1. The van der Waals surface area contributed by atoms with Gasteiger partial charge in [-0.3, -0.25) is 4.79 Å². The van der Waals surface area contributed by atoms with Crippen LogP contribution in [0.2, 0.25) is 0 Å². The van der Waals surface area contributed by atoms with Crippen LogP contribution in [0.4, 0.5) is 0 Å². The van der Waals surface area contributed by atoms with E-state index in [0.29, 0.717) is 30.3 Å². The van der Waals surface area contributed by atoms with Crippen molar-refractivity contribution in [1.82, 2.24) is 15.2 Å². The van der Waals surface area contributed by atoms with Crippen LogP contribution < -0.4 is 10.9 Å². The number of aromatic amines is 1. The number of hydrogen-bond donors (Lipinski definition) is 2. The van der Waals surface area contributed by atoms with Gasteiger partial charge >= 0.3 is 0 Å². The molecule has 3 aromatic rings. The summed E-state index contributed by atoms with van der Waals surface area (Å²) >= 11 is 7.40. The van der Waals surface area contributed by atoms with Gasteiger partial charge in [-0.15, -0.1) is 11.3 Å². The van der Waals surface area contributed by atoms with E-state index in [1.54, 1.807) is 11.3 Å². The van der Waals surface area contributed by atoms with Crippen molar-refractivity contribution in [3.8, 4) is 0 Å². The quantitative estimate of drug-likeness (QED) is 0.560. The highest BCUT2D eigenvalue weighted by molar-refractivity contribution is 7.80. The van der Waals surface area contributed by atoms with Gasteiger partial charge in [-0.25, -0.2) is 0 Å². The summed E-state index contributed by atoms with van der Waals surface area (Å²) < 4.78 is 5.70. The molecular formula is C23H27N3O2S2. The first-order valence-corrected chi connectivity index (χ1v) is 11.6. The minimum absolute atomic E-state index is 0.0608. The topological polar surface area (TPSA) is 57.4 Å². The second-order valence-corrected chi connectivity index (χ2v) is 9.27. The molecule has 3 heterocycles. The highest BCUT2D eigenvalue weighted by Crippen LogP contribution is 2.20. The molecular weight excluding hydrogens is 414 g/mol. The summed E-state index contributed by atoms with van der Waals surface area (Å²) in [5.74, 6) is 0. The van der Waals surface area contributed by atoms with Gasteiger partial charge in [-0.05, 0) is 72.9 Å². The molecule has 5 nitrogen and oxygen atoms in total. The average molecular weight is 442 g/mol. The third-order valence-corrected chi connectivity index (χ3v) is 6.97. The number of nitrogens with one attached hydrogen (secondary N) is 2. The number of thiophene rings is 1. The zero-order chi connectivity index (χ0) is 21.1. The Morgan fingerprint density at radius 3 is 2.93 bits per heavy atom. The Balaban J connectivity index is 1.57. The Labute approximate surface area is 186 Å². The molecule has 30 heavy (non-hydrogen) atoms. The van der Waals surface area contributed by atoms with Crippen molar-refractivity contribution in [1.29, 1.82) is 0 Å². The molecule has 1 saturated heterocycles. The lowest BCUT2D eigenvalue weighted by Crippen LogP contribution is -2.42. The number of thiocarbonyl (C=S) groups is 1. The van der Waals surface area contributed by atoms with Crippen LogP contribution in [-0.4, -0.2) is 34.3 Å². The summed E-state index contributed by atoms with van der Waals surface area (Å²) in [7, 11) is 0. The van der Waals surface area contributed by atoms with Crippen LogP contribution in [0.5, 0.6) is 0 Å². The van der Waals surface area contributed by atoms with E-state index in [4.69, 9.17) is 17.0 Å². The summed E-state index contributed by atoms with van der Waals surface area (Å²) in [6.07, 6.45) is 2.37. The van der Waals surface area contributed by atoms with Gasteiger partial charge < -0.3 is 19.9 Å². The number of fused-ring (bicyclic) bond motifs is 1. The van der Waals surface area contributed by atoms with E-state index >= 15 is 0 Å². The van der Waals surface area contributed by atoms with Gasteiger partial charge in [-0.2, -0.15) is 0 Å². The molecule has 0 amide bonds. The van der Waals surface area contributed by atoms with E-state index in [9.17, 15) is 4.79 Å². The van der Waals surface area contributed by atoms with E-state index in [2.05, 4.69) is 45.7 Å². The molecule has 1 aliphatic heterocycles. The smallest absolute Gasteiger partial charge is 0.253 e. The number of aryl methyl sites for hydroxylation is 2. The first kappa shape index (κ1) is 21.0. The molecule has 0 aliphatic carbocycles. The predicted molar refractivity (Wildman–Crippen MR) is 127 cm³/mol. The van der Waals surface area contributed by atoms with Gasteiger partial charge in [-0.1, -0.05) is 18.2 Å². The van der Waals surface area contributed by atoms with Crippen molar-refractivity contribution < 1.29 is 4.74 Å². The van der Waals surface area contributed by atoms with Gasteiger partial charge in [0.05, 0.1) is 24.7 Å². The second-order valence-electron chi connectivity index (χ2n) is 7.85. The molecule has 7 heteroatoms. The van der Waals surface area contributed by atoms with Crippen LogP contribution in [0, 0.1) is 13.8 Å². The first-order valence-electron chi connectivity index (χ1n) is 10.3. The van der Waals surface area contributed by atoms with E-state index in [0.717, 1.165) is 35.9 Å². The van der Waals surface area contributed by atoms with Crippen LogP contribution in [0.3, 0.4) is 0 Å². The molecule has 1 fully saturated rings. The minimum Gasteiger partial charge on any atom is -0.376 e. The lowest BCUT2D eigenvalue weighted by atomic mass is 10.0. The predicted octanol–water partition coefficient (Wildman–Crippen LogP) is 4.26. The van der Waals surface area contributed by atoms with E-state index in [1.807, 2.05) is 19.1 Å². The van der Waals surface area contributed by atoms with Gasteiger partial charge in [0.2, 0.25) is 0 Å². The van der Waals surface area contributed by atoms with Gasteiger partial charge in [0.25, 0.3) is 5.56 Å². The Bertz CT molecular complexity index is 1090. The summed E-state index contributed by atoms with van der Waals surface area (Å²) in [4.78, 5) is 19.2. The third kappa shape index (κ3) is 4.74. The monoisotopic (exact) mass is 441 g/mol. The number of rotatable bonds is 6. The molecule has 0 spiro atoms. The molecule has 4 rings (SSSR count). The number of nitrogens with zero attached hydrogens (tertiary/aromatic N) is 1. The Hall–Kier alpha value is -2.22. The largest absolute Gasteiger partial charge is 0.376 e. The van der Waals surface area contributed by atoms with Crippen molar-refractivity contribution in [2.45, 2.75) is 45.9 Å². The zero-order valence-corrected chi connectivity index (χ0v) is 19.0. The standard InChI is InChI=1S/C23H27N3O2S2/c1-15-7-8-17-11-18(22(27)25-21(17)16(15)2)13-26(14-20-6-4-10-30-20)23(29)24-12-19-5-3-9-28-19/h4,6-8,10-11,19H,3,5,9,12-14H2,1-2H3,(H,24,29)(H,25,27)/t19-/m1/s1. The summed E-state index contributed by atoms with van der Waals surface area (Å²) in [6, 6.07) is 10.3. The van der Waals surface area contributed by atoms with Crippen LogP contribution in [0.1, 0.15) is 34.4 Å². The second kappa shape index (κ2) is 9.29. The van der Waals surface area contributed by atoms with Crippen LogP contribution in [-0.2, 0) is 17.8 Å². The lowest BCUT2D eigenvalue weighted by molar-refractivity contribution is 0.113. The van der Waals surface area contributed by atoms with Crippen molar-refractivity contribution in [2.24, 2.45) is 0 Å². The molecule has 1 aromatic carbocycles. The first-order chi connectivity index (χ1) is 14.5. The maximum atomic E-state index is 12.9. The Kier molecular flexibility index (Phi) is 6.51. The molecule has 1 atom stereocenters. The molecule has 0 bridgehead atoms. The van der Waals surface area contributed by atoms with Crippen molar-refractivity contribution in [3.05, 3.63) is 67.6 Å². The number of pyridine rings is 1. The molecule has 2 aromatic heterocycles. The molecule has 0 radical (unpaired) electrons. The SMILES string of the molecule is Cc1ccc2cc(CN(Cc3cccs3)C(=S)NC[C@H]3CCCO3)c(=O)[nH]c2c1C. The lowest BCUT2D eigenvalue weighted by Gasteiger charge is -2.26. The molecule has 1 aliphatic rings. The number of benzene rings is 1. The van der Waals surface area contributed by atoms with Gasteiger partial charge in [0, 0.05) is 23.6 Å². The fraction of sp³-hybridized carbons (Fsp3) is 0.391.